The summed E-state index contributed by atoms with van der Waals surface area (Å²) >= 11 is 1.38. The molecule has 3 aliphatic rings. The molecule has 0 atom stereocenters. The molecule has 3 amide bonds. The van der Waals surface area contributed by atoms with Crippen LogP contribution in [0.15, 0.2) is 23.1 Å². The van der Waals surface area contributed by atoms with Crippen LogP contribution in [0.1, 0.15) is 32.1 Å². The molecule has 1 aliphatic carbocycles. The van der Waals surface area contributed by atoms with E-state index >= 15 is 0 Å². The maximum atomic E-state index is 12.9. The third-order valence-corrected chi connectivity index (χ3v) is 6.33. The molecule has 1 aromatic carbocycles. The quantitative estimate of drug-likeness (QED) is 0.625. The highest BCUT2D eigenvalue weighted by molar-refractivity contribution is 8.00. The second-order valence-electron chi connectivity index (χ2n) is 7.04. The molecule has 2 fully saturated rings. The predicted octanol–water partition coefficient (Wildman–Crippen LogP) is 1.74. The summed E-state index contributed by atoms with van der Waals surface area (Å²) in [4.78, 5) is 39.8. The Balaban J connectivity index is 1.47. The monoisotopic (exact) mass is 390 g/mol. The summed E-state index contributed by atoms with van der Waals surface area (Å²) in [6.45, 7) is 0.991. The SMILES string of the molecule is O=C1CN(C(=O)CSc2ccc3c(c2)OCCO3)C2(CCCCC2)C(=O)N1. The zero-order valence-corrected chi connectivity index (χ0v) is 15.8. The highest BCUT2D eigenvalue weighted by Gasteiger charge is 2.50. The van der Waals surface area contributed by atoms with E-state index in [0.717, 1.165) is 24.2 Å². The van der Waals surface area contributed by atoms with Crippen molar-refractivity contribution in [2.24, 2.45) is 0 Å². The number of hydrogen-bond donors (Lipinski definition) is 1. The Morgan fingerprint density at radius 1 is 1.11 bits per heavy atom. The van der Waals surface area contributed by atoms with E-state index in [0.29, 0.717) is 37.6 Å². The Morgan fingerprint density at radius 3 is 2.63 bits per heavy atom. The highest BCUT2D eigenvalue weighted by atomic mass is 32.2. The van der Waals surface area contributed by atoms with Crippen molar-refractivity contribution in [1.82, 2.24) is 10.2 Å². The van der Waals surface area contributed by atoms with E-state index in [1.807, 2.05) is 18.2 Å². The first-order chi connectivity index (χ1) is 13.1. The van der Waals surface area contributed by atoms with Crippen LogP contribution in [0.3, 0.4) is 0 Å². The number of hydrogen-bond acceptors (Lipinski definition) is 6. The normalized spacial score (nSPS) is 21.1. The van der Waals surface area contributed by atoms with Gasteiger partial charge >= 0.3 is 0 Å². The van der Waals surface area contributed by atoms with Crippen molar-refractivity contribution in [3.8, 4) is 11.5 Å². The Labute approximate surface area is 161 Å². The fourth-order valence-corrected chi connectivity index (χ4v) is 4.80. The van der Waals surface area contributed by atoms with E-state index < -0.39 is 11.4 Å². The average Bonchev–Trinajstić information content (AvgIpc) is 2.69. The van der Waals surface area contributed by atoms with Crippen LogP contribution in [0.25, 0.3) is 0 Å². The van der Waals surface area contributed by atoms with Crippen molar-refractivity contribution in [1.29, 1.82) is 0 Å². The van der Waals surface area contributed by atoms with Gasteiger partial charge in [0.1, 0.15) is 25.3 Å². The van der Waals surface area contributed by atoms with Crippen molar-refractivity contribution in [3.63, 3.8) is 0 Å². The predicted molar refractivity (Wildman–Crippen MR) is 98.8 cm³/mol. The molecule has 0 aromatic heterocycles. The van der Waals surface area contributed by atoms with Gasteiger partial charge in [0, 0.05) is 4.90 Å². The molecule has 1 N–H and O–H groups in total. The van der Waals surface area contributed by atoms with E-state index in [1.165, 1.54) is 16.7 Å². The zero-order valence-electron chi connectivity index (χ0n) is 15.0. The number of imide groups is 1. The first-order valence-electron chi connectivity index (χ1n) is 9.26. The molecule has 1 spiro atoms. The van der Waals surface area contributed by atoms with Crippen LogP contribution in [0, 0.1) is 0 Å². The van der Waals surface area contributed by atoms with Crippen LogP contribution >= 0.6 is 11.8 Å². The molecule has 27 heavy (non-hydrogen) atoms. The second-order valence-corrected chi connectivity index (χ2v) is 8.09. The lowest BCUT2D eigenvalue weighted by Crippen LogP contribution is -2.69. The molecule has 0 unspecified atom stereocenters. The molecule has 1 aromatic rings. The van der Waals surface area contributed by atoms with Gasteiger partial charge in [-0.1, -0.05) is 19.3 Å². The van der Waals surface area contributed by atoms with Gasteiger partial charge < -0.3 is 14.4 Å². The summed E-state index contributed by atoms with van der Waals surface area (Å²) in [5, 5.41) is 2.42. The molecular weight excluding hydrogens is 368 g/mol. The van der Waals surface area contributed by atoms with E-state index in [4.69, 9.17) is 9.47 Å². The lowest BCUT2D eigenvalue weighted by molar-refractivity contribution is -0.158. The van der Waals surface area contributed by atoms with Crippen molar-refractivity contribution >= 4 is 29.5 Å². The van der Waals surface area contributed by atoms with Crippen molar-refractivity contribution < 1.29 is 23.9 Å². The number of nitrogens with one attached hydrogen (secondary N) is 1. The summed E-state index contributed by atoms with van der Waals surface area (Å²) in [6.07, 6.45) is 4.07. The topological polar surface area (TPSA) is 84.9 Å². The van der Waals surface area contributed by atoms with Crippen LogP contribution in [-0.4, -0.2) is 53.7 Å². The van der Waals surface area contributed by atoms with Gasteiger partial charge in [0.05, 0.1) is 5.75 Å². The molecule has 1 saturated carbocycles. The van der Waals surface area contributed by atoms with Crippen molar-refractivity contribution in [3.05, 3.63) is 18.2 Å². The summed E-state index contributed by atoms with van der Waals surface area (Å²) in [7, 11) is 0. The van der Waals surface area contributed by atoms with Gasteiger partial charge in [0.15, 0.2) is 11.5 Å². The fourth-order valence-electron chi connectivity index (χ4n) is 4.00. The van der Waals surface area contributed by atoms with Gasteiger partial charge in [0.2, 0.25) is 11.8 Å². The number of benzene rings is 1. The molecule has 7 nitrogen and oxygen atoms in total. The summed E-state index contributed by atoms with van der Waals surface area (Å²) in [5.74, 6) is 0.637. The van der Waals surface area contributed by atoms with E-state index in [-0.39, 0.29) is 24.1 Å². The molecule has 0 radical (unpaired) electrons. The number of nitrogens with zero attached hydrogens (tertiary/aromatic N) is 1. The molecule has 2 aliphatic heterocycles. The van der Waals surface area contributed by atoms with Gasteiger partial charge in [-0.3, -0.25) is 19.7 Å². The smallest absolute Gasteiger partial charge is 0.252 e. The Bertz CT molecular complexity index is 775. The Hall–Kier alpha value is -2.22. The summed E-state index contributed by atoms with van der Waals surface area (Å²) < 4.78 is 11.1. The van der Waals surface area contributed by atoms with E-state index in [1.54, 1.807) is 0 Å². The van der Waals surface area contributed by atoms with Crippen LogP contribution in [0.2, 0.25) is 0 Å². The average molecular weight is 390 g/mol. The van der Waals surface area contributed by atoms with Crippen LogP contribution in [0.4, 0.5) is 0 Å². The number of fused-ring (bicyclic) bond motifs is 1. The maximum Gasteiger partial charge on any atom is 0.252 e. The summed E-state index contributed by atoms with van der Waals surface area (Å²) in [5.41, 5.74) is -0.864. The van der Waals surface area contributed by atoms with Gasteiger partial charge in [-0.2, -0.15) is 0 Å². The first-order valence-corrected chi connectivity index (χ1v) is 10.2. The van der Waals surface area contributed by atoms with Crippen LogP contribution in [-0.2, 0) is 14.4 Å². The lowest BCUT2D eigenvalue weighted by atomic mass is 9.78. The Morgan fingerprint density at radius 2 is 1.85 bits per heavy atom. The minimum absolute atomic E-state index is 0.0493. The first kappa shape index (κ1) is 18.2. The molecule has 144 valence electrons. The van der Waals surface area contributed by atoms with Crippen LogP contribution < -0.4 is 14.8 Å². The highest BCUT2D eigenvalue weighted by Crippen LogP contribution is 2.37. The van der Waals surface area contributed by atoms with Gasteiger partial charge in [-0.05, 0) is 31.0 Å². The minimum atomic E-state index is -0.864. The lowest BCUT2D eigenvalue weighted by Gasteiger charge is -2.47. The standard InChI is InChI=1S/C19H22N2O5S/c22-16-11-21(19(18(24)20-16)6-2-1-3-7-19)17(23)12-27-13-4-5-14-15(10-13)26-9-8-25-14/h4-5,10H,1-3,6-9,11-12H2,(H,20,22,24). The number of carbonyl (C=O) groups is 3. The van der Waals surface area contributed by atoms with Gasteiger partial charge in [-0.25, -0.2) is 0 Å². The van der Waals surface area contributed by atoms with Gasteiger partial charge in [0.25, 0.3) is 5.91 Å². The summed E-state index contributed by atoms with van der Waals surface area (Å²) in [6, 6.07) is 5.58. The molecule has 8 heteroatoms. The zero-order chi connectivity index (χ0) is 18.9. The largest absolute Gasteiger partial charge is 0.486 e. The van der Waals surface area contributed by atoms with E-state index in [9.17, 15) is 14.4 Å². The minimum Gasteiger partial charge on any atom is -0.486 e. The second kappa shape index (κ2) is 7.42. The number of rotatable bonds is 3. The molecule has 2 heterocycles. The van der Waals surface area contributed by atoms with Crippen molar-refractivity contribution in [2.45, 2.75) is 42.5 Å². The molecule has 0 bridgehead atoms. The third-order valence-electron chi connectivity index (χ3n) is 5.35. The Kier molecular flexibility index (Phi) is 4.99. The third kappa shape index (κ3) is 3.50. The van der Waals surface area contributed by atoms with Crippen molar-refractivity contribution in [2.75, 3.05) is 25.5 Å². The number of carbonyl (C=O) groups excluding carboxylic acids is 3. The number of amides is 3. The van der Waals surface area contributed by atoms with Gasteiger partial charge in [-0.15, -0.1) is 11.8 Å². The molecular formula is C19H22N2O5S. The molecule has 1 saturated heterocycles. The number of thioether (sulfide) groups is 1. The number of ether oxygens (including phenoxy) is 2. The maximum absolute atomic E-state index is 12.9. The van der Waals surface area contributed by atoms with Crippen LogP contribution in [0.5, 0.6) is 11.5 Å². The molecule has 4 rings (SSSR count). The van der Waals surface area contributed by atoms with E-state index in [2.05, 4.69) is 5.32 Å². The fraction of sp³-hybridized carbons (Fsp3) is 0.526. The number of piperazine rings is 1.